The van der Waals surface area contributed by atoms with E-state index in [4.69, 9.17) is 8.83 Å². The molecule has 0 amide bonds. The molecule has 28 rings (SSSR count). The third-order valence-electron chi connectivity index (χ3n) is 36.3. The Morgan fingerprint density at radius 2 is 0.674 bits per heavy atom. The van der Waals surface area contributed by atoms with Crippen LogP contribution in [0.15, 0.2) is 245 Å². The van der Waals surface area contributed by atoms with Gasteiger partial charge in [0.2, 0.25) is 0 Å². The standard InChI is InChI=1S/C128H120B2N4O2S2/c1-119(2,3)75-41-45-77(46-42-75)133-97-67-93-89(123(11,12)53-56-126(93,17)18)63-83(97)103-105-79-31-25-27-33-99(79)135-115(105)107-82-62-88-92(125(15,16)55-52-122(88,9)10)66-96(82)132-112-86-60-74(40-50-102(86)138-117(112)129(133)109(103)113(107)132)72-37-35-70(36-38-72)69-128(21)58-57-127(19,20)90-64-84-98(68-94(90)128)134(78-47-43-76(44-48-78)120(4,5)6)130-110-104(84)106-80-32-26-28-34-100(80)136-116(106)108-81-61-87-91(124(13,14)54-51-121(87,7)8)65-95(81)131(114(108)110)111-85-59-73(71-29-23-22-24-30-71)39-49-101(85)137-118(111)130/h22-50,59-68H,51-58,69H2,1-21H3. The third kappa shape index (κ3) is 11.3. The van der Waals surface area contributed by atoms with Gasteiger partial charge >= 0.3 is 13.7 Å². The lowest BCUT2D eigenvalue weighted by Crippen LogP contribution is -2.59. The van der Waals surface area contributed by atoms with Crippen LogP contribution in [0.2, 0.25) is 0 Å². The summed E-state index contributed by atoms with van der Waals surface area (Å²) in [6.45, 7) is 51.5. The first-order chi connectivity index (χ1) is 65.7. The number of hydrogen-bond acceptors (Lipinski definition) is 6. The third-order valence-corrected chi connectivity index (χ3v) is 38.7. The van der Waals surface area contributed by atoms with Crippen LogP contribution in [0.4, 0.5) is 22.7 Å². The molecule has 0 fully saturated rings. The van der Waals surface area contributed by atoms with Crippen LogP contribution in [0.1, 0.15) is 258 Å². The predicted molar refractivity (Wildman–Crippen MR) is 592 cm³/mol. The molecule has 138 heavy (non-hydrogen) atoms. The van der Waals surface area contributed by atoms with E-state index in [0.29, 0.717) is 0 Å². The fraction of sp³-hybridized carbons (Fsp3) is 0.312. The van der Waals surface area contributed by atoms with Gasteiger partial charge in [0, 0.05) is 95.9 Å². The molecule has 20 aromatic rings. The summed E-state index contributed by atoms with van der Waals surface area (Å²) in [6.07, 6.45) is 9.76. The fourth-order valence-corrected chi connectivity index (χ4v) is 30.4. The Balaban J connectivity index is 0.646. The van der Waals surface area contributed by atoms with Crippen LogP contribution >= 0.6 is 22.7 Å². The second kappa shape index (κ2) is 27.3. The van der Waals surface area contributed by atoms with Crippen molar-refractivity contribution in [3.63, 3.8) is 0 Å². The van der Waals surface area contributed by atoms with Gasteiger partial charge in [-0.1, -0.05) is 273 Å². The highest BCUT2D eigenvalue weighted by Crippen LogP contribution is 2.63. The van der Waals surface area contributed by atoms with E-state index in [2.05, 4.69) is 401 Å². The Bertz CT molecular complexity index is 8870. The lowest BCUT2D eigenvalue weighted by Gasteiger charge is -2.47. The molecule has 0 spiro atoms. The van der Waals surface area contributed by atoms with E-state index in [-0.39, 0.29) is 67.8 Å². The predicted octanol–water partition coefficient (Wildman–Crippen LogP) is 33.1. The first-order valence-electron chi connectivity index (χ1n) is 51.2. The molecular weight excluding hydrogens is 1710 g/mol. The maximum Gasteiger partial charge on any atom is 0.343 e. The zero-order valence-electron chi connectivity index (χ0n) is 84.0. The Labute approximate surface area is 819 Å². The number of anilines is 4. The number of rotatable bonds is 6. The van der Waals surface area contributed by atoms with Crippen molar-refractivity contribution in [2.45, 2.75) is 257 Å². The summed E-state index contributed by atoms with van der Waals surface area (Å²) in [5.41, 5.74) is 44.5. The van der Waals surface area contributed by atoms with Crippen molar-refractivity contribution in [3.05, 3.63) is 298 Å². The molecule has 0 saturated carbocycles. The van der Waals surface area contributed by atoms with Crippen molar-refractivity contribution in [1.29, 1.82) is 0 Å². The van der Waals surface area contributed by atoms with Crippen LogP contribution in [-0.2, 0) is 60.6 Å². The minimum atomic E-state index is -0.247. The topological polar surface area (TPSA) is 42.6 Å². The SMILES string of the molecule is CC(C)(C)c1ccc(N2B3c4sc5ccc(-c6ccc(CC7(C)CCC(C)(C)c8cc9c(cc87)N(c7ccc(C(C)(C)C)cc7)B7c8sc%10ccc(-c%11ccccc%11)cc%10c8-n8c%10cc%11c(cc%10c%10c%12oc%13ccccc%13c%12c-9c7c%108)C(C)(C)CCC%11(C)C)cc6)cc5c4-n4c5cc6c(cc5c5c7oc8ccccc8c7c(c3c54)-c3cc4c(cc32)C(C)(C)CCC4(C)C)C(C)(C)CCC6(C)C)cc1. The van der Waals surface area contributed by atoms with Crippen LogP contribution in [-0.4, -0.2) is 22.8 Å². The van der Waals surface area contributed by atoms with Gasteiger partial charge in [-0.15, -0.1) is 22.7 Å². The Morgan fingerprint density at radius 1 is 0.319 bits per heavy atom. The van der Waals surface area contributed by atoms with E-state index in [1.807, 2.05) is 22.7 Å². The molecular formula is C128H120B2N4O2S2. The van der Waals surface area contributed by atoms with Crippen molar-refractivity contribution in [1.82, 2.24) is 9.13 Å². The first kappa shape index (κ1) is 84.0. The van der Waals surface area contributed by atoms with Gasteiger partial charge in [-0.3, -0.25) is 0 Å². The average molecular weight is 1830 g/mol. The molecule has 682 valence electrons. The highest BCUT2D eigenvalue weighted by Gasteiger charge is 2.55. The summed E-state index contributed by atoms with van der Waals surface area (Å²) in [5.74, 6) is 0. The quantitative estimate of drug-likeness (QED) is 0.156. The fourth-order valence-electron chi connectivity index (χ4n) is 27.9. The van der Waals surface area contributed by atoms with Gasteiger partial charge in [-0.05, 0) is 327 Å². The molecule has 0 saturated heterocycles. The number of para-hydroxylation sites is 2. The number of furan rings is 2. The summed E-state index contributed by atoms with van der Waals surface area (Å²) in [6, 6.07) is 94.9. The van der Waals surface area contributed by atoms with E-state index in [1.54, 1.807) is 0 Å². The number of benzene rings is 14. The zero-order valence-corrected chi connectivity index (χ0v) is 85.6. The molecule has 10 heteroatoms. The van der Waals surface area contributed by atoms with Crippen LogP contribution < -0.4 is 30.1 Å². The summed E-state index contributed by atoms with van der Waals surface area (Å²) in [4.78, 5) is 5.66. The second-order valence-electron chi connectivity index (χ2n) is 50.1. The van der Waals surface area contributed by atoms with Gasteiger partial charge in [-0.25, -0.2) is 0 Å². The van der Waals surface area contributed by atoms with Gasteiger partial charge in [-0.2, -0.15) is 0 Å². The largest absolute Gasteiger partial charge is 0.455 e. The van der Waals surface area contributed by atoms with Crippen molar-refractivity contribution >= 4 is 187 Å². The van der Waals surface area contributed by atoms with Crippen molar-refractivity contribution in [2.24, 2.45) is 0 Å². The molecule has 1 unspecified atom stereocenters. The van der Waals surface area contributed by atoms with Crippen LogP contribution in [0.3, 0.4) is 0 Å². The van der Waals surface area contributed by atoms with Gasteiger partial charge in [0.15, 0.2) is 0 Å². The minimum absolute atomic E-state index is 0.0231. The molecule has 0 N–H and O–H groups in total. The second-order valence-corrected chi connectivity index (χ2v) is 52.3. The van der Waals surface area contributed by atoms with E-state index >= 15 is 0 Å². The zero-order chi connectivity index (χ0) is 94.5. The van der Waals surface area contributed by atoms with E-state index in [1.165, 1.54) is 246 Å². The number of fused-ring (bicyclic) bond motifs is 34. The average Bonchev–Trinajstić information content (AvgIpc) is 1.48. The molecule has 0 bridgehead atoms. The maximum atomic E-state index is 7.70. The van der Waals surface area contributed by atoms with Crippen molar-refractivity contribution in [3.8, 4) is 55.9 Å². The van der Waals surface area contributed by atoms with E-state index in [0.717, 1.165) is 80.1 Å². The summed E-state index contributed by atoms with van der Waals surface area (Å²) in [5, 5.41) is 12.4. The molecule has 6 nitrogen and oxygen atoms in total. The number of aromatic nitrogens is 2. The Kier molecular flexibility index (Phi) is 16.6. The minimum Gasteiger partial charge on any atom is -0.455 e. The molecule has 4 aliphatic carbocycles. The molecule has 14 aromatic carbocycles. The molecule has 4 aliphatic heterocycles. The van der Waals surface area contributed by atoms with Gasteiger partial charge in [0.05, 0.1) is 44.2 Å². The van der Waals surface area contributed by atoms with Crippen LogP contribution in [0.25, 0.3) is 164 Å². The normalized spacial score (nSPS) is 19.1. The van der Waals surface area contributed by atoms with E-state index in [9.17, 15) is 0 Å². The Morgan fingerprint density at radius 3 is 1.09 bits per heavy atom. The number of thiophene rings is 2. The molecule has 8 aliphatic rings. The summed E-state index contributed by atoms with van der Waals surface area (Å²) in [7, 11) is 0. The Hall–Kier alpha value is -12.1. The number of hydrogen-bond donors (Lipinski definition) is 0. The molecule has 6 aromatic heterocycles. The molecule has 1 atom stereocenters. The maximum absolute atomic E-state index is 7.70. The van der Waals surface area contributed by atoms with Gasteiger partial charge in [0.1, 0.15) is 22.3 Å². The van der Waals surface area contributed by atoms with Crippen LogP contribution in [0, 0.1) is 0 Å². The smallest absolute Gasteiger partial charge is 0.343 e. The number of nitrogens with zero attached hydrogens (tertiary/aromatic N) is 4. The first-order valence-corrected chi connectivity index (χ1v) is 52.8. The van der Waals surface area contributed by atoms with Crippen molar-refractivity contribution in [2.75, 3.05) is 9.62 Å². The lowest BCUT2D eigenvalue weighted by molar-refractivity contribution is 0.310. The summed E-state index contributed by atoms with van der Waals surface area (Å²) >= 11 is 4.03. The van der Waals surface area contributed by atoms with Crippen LogP contribution in [0.5, 0.6) is 0 Å². The molecule has 0 radical (unpaired) electrons. The van der Waals surface area contributed by atoms with Crippen molar-refractivity contribution < 1.29 is 8.83 Å². The highest BCUT2D eigenvalue weighted by atomic mass is 32.1. The monoisotopic (exact) mass is 1830 g/mol. The van der Waals surface area contributed by atoms with Gasteiger partial charge in [0.25, 0.3) is 0 Å². The summed E-state index contributed by atoms with van der Waals surface area (Å²) < 4.78 is 26.3. The van der Waals surface area contributed by atoms with E-state index < -0.39 is 0 Å². The van der Waals surface area contributed by atoms with Gasteiger partial charge < -0.3 is 27.6 Å². The molecule has 10 heterocycles. The lowest BCUT2D eigenvalue weighted by atomic mass is 9.46. The highest BCUT2D eigenvalue weighted by molar-refractivity contribution is 7.33.